The highest BCUT2D eigenvalue weighted by Crippen LogP contribution is 2.25. The third kappa shape index (κ3) is 2.92. The first-order chi connectivity index (χ1) is 8.66. The number of aromatic nitrogens is 2. The minimum Gasteiger partial charge on any atom is -0.359 e. The number of halogens is 1. The summed E-state index contributed by atoms with van der Waals surface area (Å²) in [6.07, 6.45) is 3.01. The molecule has 6 nitrogen and oxygen atoms in total. The van der Waals surface area contributed by atoms with Crippen molar-refractivity contribution in [2.24, 2.45) is 0 Å². The number of nitro groups is 1. The fourth-order valence-corrected chi connectivity index (χ4v) is 1.53. The second kappa shape index (κ2) is 5.42. The Morgan fingerprint density at radius 2 is 2.22 bits per heavy atom. The summed E-state index contributed by atoms with van der Waals surface area (Å²) < 4.78 is 0. The van der Waals surface area contributed by atoms with E-state index in [2.05, 4.69) is 15.3 Å². The maximum atomic E-state index is 10.8. The van der Waals surface area contributed by atoms with Crippen LogP contribution >= 0.6 is 11.6 Å². The van der Waals surface area contributed by atoms with Gasteiger partial charge in [-0.3, -0.25) is 15.1 Å². The SMILES string of the molecule is O=[N+]([O-])c1cc(Cl)cnc1NCc1ccccn1. The minimum absolute atomic E-state index is 0.154. The van der Waals surface area contributed by atoms with E-state index >= 15 is 0 Å². The number of hydrogen-bond donors (Lipinski definition) is 1. The molecule has 0 aliphatic rings. The minimum atomic E-state index is -0.528. The van der Waals surface area contributed by atoms with Gasteiger partial charge in [0.1, 0.15) is 0 Å². The lowest BCUT2D eigenvalue weighted by Crippen LogP contribution is -2.05. The van der Waals surface area contributed by atoms with Crippen molar-refractivity contribution >= 4 is 23.1 Å². The van der Waals surface area contributed by atoms with Crippen LogP contribution in [-0.2, 0) is 6.54 Å². The van der Waals surface area contributed by atoms with Gasteiger partial charge < -0.3 is 5.32 Å². The van der Waals surface area contributed by atoms with Crippen LogP contribution in [0.3, 0.4) is 0 Å². The van der Waals surface area contributed by atoms with Gasteiger partial charge in [0.2, 0.25) is 5.82 Å². The molecule has 0 spiro atoms. The summed E-state index contributed by atoms with van der Waals surface area (Å²) in [6, 6.07) is 6.71. The Kier molecular flexibility index (Phi) is 3.69. The van der Waals surface area contributed by atoms with Crippen molar-refractivity contribution in [3.63, 3.8) is 0 Å². The Labute approximate surface area is 108 Å². The standard InChI is InChI=1S/C11H9ClN4O2/c12-8-5-10(16(17)18)11(14-6-8)15-7-9-3-1-2-4-13-9/h1-6H,7H2,(H,14,15). The molecule has 0 amide bonds. The monoisotopic (exact) mass is 264 g/mol. The second-order valence-electron chi connectivity index (χ2n) is 3.45. The summed E-state index contributed by atoms with van der Waals surface area (Å²) in [5, 5.41) is 13.9. The van der Waals surface area contributed by atoms with E-state index in [1.807, 2.05) is 12.1 Å². The van der Waals surface area contributed by atoms with E-state index in [0.717, 1.165) is 5.69 Å². The van der Waals surface area contributed by atoms with Gasteiger partial charge in [-0.2, -0.15) is 0 Å². The molecule has 92 valence electrons. The van der Waals surface area contributed by atoms with Gasteiger partial charge in [-0.15, -0.1) is 0 Å². The third-order valence-electron chi connectivity index (χ3n) is 2.19. The average Bonchev–Trinajstić information content (AvgIpc) is 2.38. The molecular weight excluding hydrogens is 256 g/mol. The highest BCUT2D eigenvalue weighted by molar-refractivity contribution is 6.30. The van der Waals surface area contributed by atoms with Gasteiger partial charge in [-0.25, -0.2) is 4.98 Å². The zero-order valence-electron chi connectivity index (χ0n) is 9.21. The Morgan fingerprint density at radius 3 is 2.89 bits per heavy atom. The van der Waals surface area contributed by atoms with Gasteiger partial charge >= 0.3 is 5.69 Å². The number of rotatable bonds is 4. The first-order valence-corrected chi connectivity index (χ1v) is 5.48. The molecule has 0 fully saturated rings. The highest BCUT2D eigenvalue weighted by Gasteiger charge is 2.15. The van der Waals surface area contributed by atoms with E-state index in [1.165, 1.54) is 12.3 Å². The van der Waals surface area contributed by atoms with E-state index in [4.69, 9.17) is 11.6 Å². The van der Waals surface area contributed by atoms with Crippen LogP contribution in [0.25, 0.3) is 0 Å². The summed E-state index contributed by atoms with van der Waals surface area (Å²) in [5.41, 5.74) is 0.613. The van der Waals surface area contributed by atoms with Gasteiger partial charge in [0.05, 0.1) is 22.2 Å². The van der Waals surface area contributed by atoms with Crippen LogP contribution < -0.4 is 5.32 Å². The van der Waals surface area contributed by atoms with E-state index in [0.29, 0.717) is 6.54 Å². The lowest BCUT2D eigenvalue weighted by Gasteiger charge is -2.05. The predicted octanol–water partition coefficient (Wildman–Crippen LogP) is 2.65. The van der Waals surface area contributed by atoms with E-state index < -0.39 is 4.92 Å². The fourth-order valence-electron chi connectivity index (χ4n) is 1.38. The number of hydrogen-bond acceptors (Lipinski definition) is 5. The zero-order chi connectivity index (χ0) is 13.0. The Balaban J connectivity index is 2.17. The van der Waals surface area contributed by atoms with Crippen LogP contribution in [0, 0.1) is 10.1 Å². The molecule has 1 N–H and O–H groups in total. The molecule has 0 aromatic carbocycles. The van der Waals surface area contributed by atoms with Crippen LogP contribution in [0.15, 0.2) is 36.7 Å². The summed E-state index contributed by atoms with van der Waals surface area (Å²) in [6.45, 7) is 0.357. The molecule has 2 aromatic heterocycles. The first-order valence-electron chi connectivity index (χ1n) is 5.10. The largest absolute Gasteiger partial charge is 0.359 e. The van der Waals surface area contributed by atoms with Crippen molar-refractivity contribution in [1.29, 1.82) is 0 Å². The molecule has 2 rings (SSSR count). The molecule has 0 aliphatic heterocycles. The topological polar surface area (TPSA) is 81.0 Å². The van der Waals surface area contributed by atoms with Crippen molar-refractivity contribution in [3.8, 4) is 0 Å². The molecule has 2 aromatic rings. The molecule has 0 atom stereocenters. The van der Waals surface area contributed by atoms with E-state index in [-0.39, 0.29) is 16.5 Å². The van der Waals surface area contributed by atoms with Crippen molar-refractivity contribution < 1.29 is 4.92 Å². The van der Waals surface area contributed by atoms with Crippen molar-refractivity contribution in [2.45, 2.75) is 6.54 Å². The summed E-state index contributed by atoms with van der Waals surface area (Å²) in [7, 11) is 0. The molecule has 0 saturated carbocycles. The van der Waals surface area contributed by atoms with Crippen molar-refractivity contribution in [3.05, 3.63) is 57.5 Å². The highest BCUT2D eigenvalue weighted by atomic mass is 35.5. The van der Waals surface area contributed by atoms with Crippen LogP contribution in [0.2, 0.25) is 5.02 Å². The van der Waals surface area contributed by atoms with Gasteiger partial charge in [-0.1, -0.05) is 17.7 Å². The zero-order valence-corrected chi connectivity index (χ0v) is 9.96. The molecule has 0 bridgehead atoms. The molecule has 0 saturated heterocycles. The van der Waals surface area contributed by atoms with Crippen LogP contribution in [-0.4, -0.2) is 14.9 Å². The molecule has 0 aliphatic carbocycles. The molecule has 7 heteroatoms. The van der Waals surface area contributed by atoms with Crippen molar-refractivity contribution in [1.82, 2.24) is 9.97 Å². The van der Waals surface area contributed by atoms with Crippen LogP contribution in [0.1, 0.15) is 5.69 Å². The smallest absolute Gasteiger partial charge is 0.312 e. The Morgan fingerprint density at radius 1 is 1.39 bits per heavy atom. The second-order valence-corrected chi connectivity index (χ2v) is 3.89. The summed E-state index contributed by atoms with van der Waals surface area (Å²) >= 11 is 5.67. The number of pyridine rings is 2. The molecule has 2 heterocycles. The summed E-state index contributed by atoms with van der Waals surface area (Å²) in [5.74, 6) is 0.176. The first kappa shape index (κ1) is 12.3. The maximum absolute atomic E-state index is 10.8. The van der Waals surface area contributed by atoms with Gasteiger partial charge in [0, 0.05) is 18.5 Å². The summed E-state index contributed by atoms with van der Waals surface area (Å²) in [4.78, 5) is 18.3. The number of nitrogens with zero attached hydrogens (tertiary/aromatic N) is 3. The lowest BCUT2D eigenvalue weighted by molar-refractivity contribution is -0.384. The normalized spacial score (nSPS) is 10.1. The Bertz CT molecular complexity index is 562. The van der Waals surface area contributed by atoms with Gasteiger partial charge in [-0.05, 0) is 12.1 Å². The average molecular weight is 265 g/mol. The van der Waals surface area contributed by atoms with E-state index in [1.54, 1.807) is 12.3 Å². The predicted molar refractivity (Wildman–Crippen MR) is 67.5 cm³/mol. The molecule has 18 heavy (non-hydrogen) atoms. The number of anilines is 1. The van der Waals surface area contributed by atoms with E-state index in [9.17, 15) is 10.1 Å². The third-order valence-corrected chi connectivity index (χ3v) is 2.40. The van der Waals surface area contributed by atoms with Gasteiger partial charge in [0.15, 0.2) is 0 Å². The quantitative estimate of drug-likeness (QED) is 0.678. The van der Waals surface area contributed by atoms with Gasteiger partial charge in [0.25, 0.3) is 0 Å². The molecular formula is C11H9ClN4O2. The van der Waals surface area contributed by atoms with Crippen LogP contribution in [0.4, 0.5) is 11.5 Å². The van der Waals surface area contributed by atoms with Crippen molar-refractivity contribution in [2.75, 3.05) is 5.32 Å². The lowest BCUT2D eigenvalue weighted by atomic mass is 10.3. The fraction of sp³-hybridized carbons (Fsp3) is 0.0909. The Hall–Kier alpha value is -2.21. The molecule has 0 unspecified atom stereocenters. The number of nitrogens with one attached hydrogen (secondary N) is 1. The maximum Gasteiger partial charge on any atom is 0.312 e. The molecule has 0 radical (unpaired) electrons. The van der Waals surface area contributed by atoms with Crippen LogP contribution in [0.5, 0.6) is 0 Å².